The van der Waals surface area contributed by atoms with Gasteiger partial charge in [-0.1, -0.05) is 174 Å². The van der Waals surface area contributed by atoms with Gasteiger partial charge in [-0.2, -0.15) is 0 Å². The van der Waals surface area contributed by atoms with E-state index in [2.05, 4.69) is 6.92 Å². The maximum atomic E-state index is 13.0. The maximum absolute atomic E-state index is 13.0. The third-order valence-electron chi connectivity index (χ3n) is 9.71. The number of esters is 1. The second kappa shape index (κ2) is 33.7. The fraction of sp³-hybridized carbons (Fsp3) is 0.949. The van der Waals surface area contributed by atoms with Gasteiger partial charge in [-0.25, -0.2) is 0 Å². The minimum atomic E-state index is -1.18. The fourth-order valence-corrected chi connectivity index (χ4v) is 6.21. The van der Waals surface area contributed by atoms with E-state index < -0.39 is 31.2 Å². The van der Waals surface area contributed by atoms with E-state index in [1.807, 2.05) is 0 Å². The highest BCUT2D eigenvalue weighted by molar-refractivity contribution is 5.72. The number of aliphatic hydroxyl groups is 3. The molecule has 4 N–H and O–H groups in total. The lowest BCUT2D eigenvalue weighted by molar-refractivity contribution is -0.156. The Morgan fingerprint density at radius 2 is 0.804 bits per heavy atom. The average Bonchev–Trinajstić information content (AvgIpc) is 3.06. The lowest BCUT2D eigenvalue weighted by atomic mass is 9.91. The Morgan fingerprint density at radius 1 is 0.500 bits per heavy atom. The van der Waals surface area contributed by atoms with Crippen LogP contribution in [0.15, 0.2) is 0 Å². The van der Waals surface area contributed by atoms with Crippen molar-refractivity contribution in [2.45, 2.75) is 200 Å². The molecule has 0 aromatic rings. The number of hydrogen-bond donors (Lipinski definition) is 4. The first-order valence-corrected chi connectivity index (χ1v) is 19.7. The first-order valence-electron chi connectivity index (χ1n) is 19.7. The van der Waals surface area contributed by atoms with Gasteiger partial charge in [0, 0.05) is 6.42 Å². The van der Waals surface area contributed by atoms with Crippen LogP contribution in [0.2, 0.25) is 0 Å². The molecule has 0 bridgehead atoms. The summed E-state index contributed by atoms with van der Waals surface area (Å²) in [5.41, 5.74) is -1.18. The number of carboxylic acids is 1. The van der Waals surface area contributed by atoms with Gasteiger partial charge in [0.05, 0.1) is 31.2 Å². The number of rotatable bonds is 37. The first-order chi connectivity index (χ1) is 22.4. The summed E-state index contributed by atoms with van der Waals surface area (Å²) in [7, 11) is 0. The molecule has 0 saturated heterocycles. The topological polar surface area (TPSA) is 124 Å². The zero-order valence-electron chi connectivity index (χ0n) is 30.1. The molecule has 0 aliphatic heterocycles. The molecule has 1 atom stereocenters. The van der Waals surface area contributed by atoms with Crippen molar-refractivity contribution in [1.29, 1.82) is 0 Å². The maximum Gasteiger partial charge on any atom is 0.308 e. The summed E-state index contributed by atoms with van der Waals surface area (Å²) >= 11 is 0. The van der Waals surface area contributed by atoms with E-state index in [-0.39, 0.29) is 18.5 Å². The van der Waals surface area contributed by atoms with Crippen LogP contribution >= 0.6 is 0 Å². The summed E-state index contributed by atoms with van der Waals surface area (Å²) in [6.07, 6.45) is 35.3. The monoisotopic (exact) mass is 657 g/mol. The Kier molecular flexibility index (Phi) is 32.8. The number of carbonyl (C=O) groups excluding carboxylic acids is 1. The molecule has 46 heavy (non-hydrogen) atoms. The summed E-state index contributed by atoms with van der Waals surface area (Å²) in [5.74, 6) is -1.08. The van der Waals surface area contributed by atoms with E-state index in [1.165, 1.54) is 128 Å². The van der Waals surface area contributed by atoms with E-state index in [0.29, 0.717) is 6.42 Å². The Bertz CT molecular complexity index is 656. The van der Waals surface area contributed by atoms with Gasteiger partial charge in [0.2, 0.25) is 0 Å². The summed E-state index contributed by atoms with van der Waals surface area (Å²) in [4.78, 5) is 23.5. The molecule has 0 saturated carbocycles. The molecule has 0 aliphatic carbocycles. The summed E-state index contributed by atoms with van der Waals surface area (Å²) < 4.78 is 5.55. The van der Waals surface area contributed by atoms with Crippen LogP contribution in [0.1, 0.15) is 200 Å². The molecule has 0 radical (unpaired) electrons. The van der Waals surface area contributed by atoms with Gasteiger partial charge in [-0.3, -0.25) is 9.59 Å². The standard InChI is InChI=1S/C39H76O7/c1-2-3-4-5-6-7-8-14-17-20-23-26-29-36(38(45)46-35-39(32-40,33-41)34-42)30-27-24-21-18-15-12-10-9-11-13-16-19-22-25-28-31-37(43)44/h36,40-42H,2-35H2,1H3,(H,43,44). The Labute approximate surface area is 283 Å². The van der Waals surface area contributed by atoms with E-state index in [0.717, 1.165) is 57.8 Å². The van der Waals surface area contributed by atoms with Crippen molar-refractivity contribution in [2.75, 3.05) is 26.4 Å². The van der Waals surface area contributed by atoms with Crippen LogP contribution in [0, 0.1) is 11.3 Å². The molecule has 0 amide bonds. The van der Waals surface area contributed by atoms with Crippen LogP contribution in [-0.4, -0.2) is 58.8 Å². The molecular weight excluding hydrogens is 580 g/mol. The first kappa shape index (κ1) is 44.8. The van der Waals surface area contributed by atoms with Crippen molar-refractivity contribution >= 4 is 11.9 Å². The Balaban J connectivity index is 4.09. The van der Waals surface area contributed by atoms with Gasteiger partial charge in [0.1, 0.15) is 6.61 Å². The molecule has 1 unspecified atom stereocenters. The molecule has 0 aromatic heterocycles. The number of aliphatic carboxylic acids is 1. The second-order valence-corrected chi connectivity index (χ2v) is 14.2. The largest absolute Gasteiger partial charge is 0.481 e. The SMILES string of the molecule is CCCCCCCCCCCCCCC(CCCCCCCCCCCCCCCCCC(=O)O)C(=O)OCC(CO)(CO)CO. The quantitative estimate of drug-likeness (QED) is 0.0387. The number of carbonyl (C=O) groups is 2. The van der Waals surface area contributed by atoms with Gasteiger partial charge in [-0.05, 0) is 19.3 Å². The van der Waals surface area contributed by atoms with Crippen LogP contribution in [0.25, 0.3) is 0 Å². The molecular formula is C39H76O7. The highest BCUT2D eigenvalue weighted by atomic mass is 16.5. The van der Waals surface area contributed by atoms with Crippen molar-refractivity contribution in [3.63, 3.8) is 0 Å². The van der Waals surface area contributed by atoms with Gasteiger partial charge < -0.3 is 25.2 Å². The van der Waals surface area contributed by atoms with Crippen molar-refractivity contribution in [2.24, 2.45) is 11.3 Å². The van der Waals surface area contributed by atoms with E-state index in [1.54, 1.807) is 0 Å². The van der Waals surface area contributed by atoms with Crippen molar-refractivity contribution < 1.29 is 34.8 Å². The van der Waals surface area contributed by atoms with Crippen LogP contribution in [0.3, 0.4) is 0 Å². The minimum Gasteiger partial charge on any atom is -0.481 e. The molecule has 0 fully saturated rings. The number of ether oxygens (including phenoxy) is 1. The summed E-state index contributed by atoms with van der Waals surface area (Å²) in [5, 5.41) is 37.5. The lowest BCUT2D eigenvalue weighted by Crippen LogP contribution is -2.40. The number of aliphatic hydroxyl groups excluding tert-OH is 3. The second-order valence-electron chi connectivity index (χ2n) is 14.2. The molecule has 0 aromatic carbocycles. The van der Waals surface area contributed by atoms with Crippen LogP contribution < -0.4 is 0 Å². The number of hydrogen-bond acceptors (Lipinski definition) is 6. The van der Waals surface area contributed by atoms with Gasteiger partial charge in [0.25, 0.3) is 0 Å². The minimum absolute atomic E-state index is 0.151. The van der Waals surface area contributed by atoms with Gasteiger partial charge >= 0.3 is 11.9 Å². The fourth-order valence-electron chi connectivity index (χ4n) is 6.21. The highest BCUT2D eigenvalue weighted by Crippen LogP contribution is 2.23. The Hall–Kier alpha value is -1.18. The summed E-state index contributed by atoms with van der Waals surface area (Å²) in [6, 6.07) is 0. The molecule has 0 aliphatic rings. The molecule has 274 valence electrons. The number of unbranched alkanes of at least 4 members (excludes halogenated alkanes) is 25. The molecule has 0 rings (SSSR count). The van der Waals surface area contributed by atoms with E-state index in [9.17, 15) is 24.9 Å². The number of carboxylic acid groups (broad SMARTS) is 1. The normalized spacial score (nSPS) is 12.4. The third kappa shape index (κ3) is 27.9. The molecule has 7 nitrogen and oxygen atoms in total. The van der Waals surface area contributed by atoms with E-state index in [4.69, 9.17) is 9.84 Å². The van der Waals surface area contributed by atoms with Crippen LogP contribution in [0.5, 0.6) is 0 Å². The van der Waals surface area contributed by atoms with Crippen LogP contribution in [0.4, 0.5) is 0 Å². The Morgan fingerprint density at radius 3 is 1.11 bits per heavy atom. The average molecular weight is 657 g/mol. The zero-order chi connectivity index (χ0) is 34.0. The molecule has 0 spiro atoms. The highest BCUT2D eigenvalue weighted by Gasteiger charge is 2.31. The van der Waals surface area contributed by atoms with Gasteiger partial charge in [0.15, 0.2) is 0 Å². The molecule has 0 heterocycles. The third-order valence-corrected chi connectivity index (χ3v) is 9.71. The molecule has 7 heteroatoms. The predicted molar refractivity (Wildman–Crippen MR) is 190 cm³/mol. The smallest absolute Gasteiger partial charge is 0.308 e. The summed E-state index contributed by atoms with van der Waals surface area (Å²) in [6.45, 7) is 0.838. The predicted octanol–water partition coefficient (Wildman–Crippen LogP) is 9.92. The van der Waals surface area contributed by atoms with Crippen LogP contribution in [-0.2, 0) is 14.3 Å². The van der Waals surface area contributed by atoms with Gasteiger partial charge in [-0.15, -0.1) is 0 Å². The van der Waals surface area contributed by atoms with Crippen molar-refractivity contribution in [3.8, 4) is 0 Å². The van der Waals surface area contributed by atoms with Crippen molar-refractivity contribution in [3.05, 3.63) is 0 Å². The van der Waals surface area contributed by atoms with E-state index >= 15 is 0 Å². The lowest BCUT2D eigenvalue weighted by Gasteiger charge is -2.27. The van der Waals surface area contributed by atoms with Crippen molar-refractivity contribution in [1.82, 2.24) is 0 Å². The zero-order valence-corrected chi connectivity index (χ0v) is 30.1.